The molecule has 2 aliphatic rings. The molecule has 1 aliphatic carbocycles. The smallest absolute Gasteiger partial charge is 0.263 e. The van der Waals surface area contributed by atoms with Gasteiger partial charge in [0.1, 0.15) is 4.83 Å². The van der Waals surface area contributed by atoms with Gasteiger partial charge in [-0.1, -0.05) is 30.7 Å². The lowest BCUT2D eigenvalue weighted by molar-refractivity contribution is -0.134. The maximum Gasteiger partial charge on any atom is 0.263 e. The number of thiophene rings is 2. The fraction of sp³-hybridized carbons (Fsp3) is 0.500. The highest BCUT2D eigenvalue weighted by molar-refractivity contribution is 7.99. The minimum Gasteiger partial charge on any atom is -0.339 e. The van der Waals surface area contributed by atoms with E-state index in [4.69, 9.17) is 4.98 Å². The van der Waals surface area contributed by atoms with Crippen molar-refractivity contribution in [2.45, 2.75) is 49.7 Å². The van der Waals surface area contributed by atoms with Crippen LogP contribution in [0.1, 0.15) is 38.5 Å². The first-order valence-electron chi connectivity index (χ1n) is 10.6. The third-order valence-electron chi connectivity index (χ3n) is 6.45. The molecule has 8 heteroatoms. The average Bonchev–Trinajstić information content (AvgIpc) is 3.44. The molecule has 2 fully saturated rings. The first-order chi connectivity index (χ1) is 14.6. The number of carbonyl (C=O) groups is 1. The van der Waals surface area contributed by atoms with E-state index in [1.54, 1.807) is 23.0 Å². The molecule has 0 spiro atoms. The number of piperidine rings is 1. The summed E-state index contributed by atoms with van der Waals surface area (Å²) >= 11 is 4.52. The normalized spacial score (nSPS) is 21.7. The second-order valence-corrected chi connectivity index (χ2v) is 10.9. The number of carbonyl (C=O) groups excluding carboxylic acids is 1. The Morgan fingerprint density at radius 3 is 2.90 bits per heavy atom. The van der Waals surface area contributed by atoms with Crippen LogP contribution in [0.25, 0.3) is 20.7 Å². The number of amides is 1. The Morgan fingerprint density at radius 2 is 2.07 bits per heavy atom. The van der Waals surface area contributed by atoms with Crippen molar-refractivity contribution < 1.29 is 4.79 Å². The Bertz CT molecular complexity index is 1120. The van der Waals surface area contributed by atoms with Crippen LogP contribution in [0.5, 0.6) is 0 Å². The van der Waals surface area contributed by atoms with Gasteiger partial charge in [-0.25, -0.2) is 4.98 Å². The van der Waals surface area contributed by atoms with Gasteiger partial charge in [0.05, 0.1) is 11.1 Å². The second kappa shape index (κ2) is 8.48. The highest BCUT2D eigenvalue weighted by Gasteiger charge is 2.35. The highest BCUT2D eigenvalue weighted by Crippen LogP contribution is 2.36. The van der Waals surface area contributed by atoms with Crippen LogP contribution in [0.3, 0.4) is 0 Å². The SMILES string of the molecule is Cn1c(SCC(=O)N2CCCC3CCCCC32)nc2scc(-c3cccs3)c2c1=O. The zero-order valence-corrected chi connectivity index (χ0v) is 19.5. The molecule has 0 N–H and O–H groups in total. The van der Waals surface area contributed by atoms with E-state index in [1.165, 1.54) is 48.8 Å². The Labute approximate surface area is 188 Å². The summed E-state index contributed by atoms with van der Waals surface area (Å²) in [5.74, 6) is 1.22. The van der Waals surface area contributed by atoms with Crippen LogP contribution in [0.2, 0.25) is 0 Å². The molecule has 0 radical (unpaired) electrons. The molecule has 0 aromatic carbocycles. The standard InChI is InChI=1S/C22H25N3O2S3/c1-24-21(27)19-15(17-9-5-11-28-17)12-29-20(19)23-22(24)30-13-18(26)25-10-4-7-14-6-2-3-8-16(14)25/h5,9,11-12,14,16H,2-4,6-8,10,13H2,1H3. The molecule has 3 aromatic rings. The molecule has 2 atom stereocenters. The van der Waals surface area contributed by atoms with Gasteiger partial charge in [0.15, 0.2) is 5.16 Å². The van der Waals surface area contributed by atoms with Crippen molar-refractivity contribution in [2.24, 2.45) is 13.0 Å². The van der Waals surface area contributed by atoms with Gasteiger partial charge in [0.2, 0.25) is 5.91 Å². The van der Waals surface area contributed by atoms with Crippen LogP contribution in [0.4, 0.5) is 0 Å². The maximum atomic E-state index is 13.1. The third kappa shape index (κ3) is 3.63. The van der Waals surface area contributed by atoms with E-state index in [0.717, 1.165) is 34.7 Å². The lowest BCUT2D eigenvalue weighted by Crippen LogP contribution is -2.50. The fourth-order valence-corrected chi connectivity index (χ4v) is 7.60. The minimum absolute atomic E-state index is 0.0371. The van der Waals surface area contributed by atoms with E-state index in [9.17, 15) is 9.59 Å². The molecular weight excluding hydrogens is 434 g/mol. The minimum atomic E-state index is -0.0371. The lowest BCUT2D eigenvalue weighted by Gasteiger charge is -2.44. The molecule has 5 nitrogen and oxygen atoms in total. The molecule has 1 amide bonds. The number of rotatable bonds is 4. The van der Waals surface area contributed by atoms with Crippen molar-refractivity contribution in [1.82, 2.24) is 14.5 Å². The van der Waals surface area contributed by atoms with Crippen LogP contribution in [0.15, 0.2) is 32.8 Å². The van der Waals surface area contributed by atoms with Gasteiger partial charge in [-0.15, -0.1) is 22.7 Å². The molecule has 0 bridgehead atoms. The molecule has 1 saturated heterocycles. The number of hydrogen-bond acceptors (Lipinski definition) is 6. The van der Waals surface area contributed by atoms with Gasteiger partial charge in [0.25, 0.3) is 5.56 Å². The summed E-state index contributed by atoms with van der Waals surface area (Å²) in [5.41, 5.74) is 0.923. The summed E-state index contributed by atoms with van der Waals surface area (Å²) in [6.45, 7) is 0.876. The predicted octanol–water partition coefficient (Wildman–Crippen LogP) is 5.00. The summed E-state index contributed by atoms with van der Waals surface area (Å²) in [5, 5.41) is 5.34. The van der Waals surface area contributed by atoms with Crippen LogP contribution >= 0.6 is 34.4 Å². The number of fused-ring (bicyclic) bond motifs is 2. The topological polar surface area (TPSA) is 55.2 Å². The van der Waals surface area contributed by atoms with Crippen molar-refractivity contribution in [1.29, 1.82) is 0 Å². The Balaban J connectivity index is 1.36. The van der Waals surface area contributed by atoms with Gasteiger partial charge in [-0.3, -0.25) is 14.2 Å². The number of likely N-dealkylation sites (tertiary alicyclic amines) is 1. The molecule has 1 saturated carbocycles. The van der Waals surface area contributed by atoms with Crippen LogP contribution in [-0.2, 0) is 11.8 Å². The lowest BCUT2D eigenvalue weighted by atomic mass is 9.78. The van der Waals surface area contributed by atoms with E-state index >= 15 is 0 Å². The number of hydrogen-bond donors (Lipinski definition) is 0. The summed E-state index contributed by atoms with van der Waals surface area (Å²) < 4.78 is 1.60. The van der Waals surface area contributed by atoms with Crippen LogP contribution in [-0.4, -0.2) is 38.7 Å². The van der Waals surface area contributed by atoms with Gasteiger partial charge in [-0.2, -0.15) is 0 Å². The number of thioether (sulfide) groups is 1. The molecule has 1 aliphatic heterocycles. The number of nitrogens with zero attached hydrogens (tertiary/aromatic N) is 3. The fourth-order valence-electron chi connectivity index (χ4n) is 4.94. The molecule has 3 aromatic heterocycles. The predicted molar refractivity (Wildman–Crippen MR) is 126 cm³/mol. The third-order valence-corrected chi connectivity index (χ3v) is 9.24. The van der Waals surface area contributed by atoms with Crippen molar-refractivity contribution in [3.63, 3.8) is 0 Å². The monoisotopic (exact) mass is 459 g/mol. The number of aromatic nitrogens is 2. The second-order valence-electron chi connectivity index (χ2n) is 8.20. The van der Waals surface area contributed by atoms with Crippen molar-refractivity contribution in [2.75, 3.05) is 12.3 Å². The van der Waals surface area contributed by atoms with Gasteiger partial charge >= 0.3 is 0 Å². The molecule has 2 unspecified atom stereocenters. The molecule has 30 heavy (non-hydrogen) atoms. The van der Waals surface area contributed by atoms with Crippen LogP contribution < -0.4 is 5.56 Å². The molecule has 158 valence electrons. The van der Waals surface area contributed by atoms with E-state index in [0.29, 0.717) is 28.3 Å². The molecule has 5 rings (SSSR count). The Hall–Kier alpha value is -1.64. The van der Waals surface area contributed by atoms with E-state index in [1.807, 2.05) is 22.9 Å². The Kier molecular flexibility index (Phi) is 5.73. The quantitative estimate of drug-likeness (QED) is 0.407. The zero-order chi connectivity index (χ0) is 20.7. The highest BCUT2D eigenvalue weighted by atomic mass is 32.2. The average molecular weight is 460 g/mol. The largest absolute Gasteiger partial charge is 0.339 e. The Morgan fingerprint density at radius 1 is 1.23 bits per heavy atom. The van der Waals surface area contributed by atoms with Gasteiger partial charge in [0, 0.05) is 35.5 Å². The molecular formula is C22H25N3O2S3. The van der Waals surface area contributed by atoms with E-state index < -0.39 is 0 Å². The van der Waals surface area contributed by atoms with Crippen molar-refractivity contribution in [3.05, 3.63) is 33.2 Å². The van der Waals surface area contributed by atoms with Gasteiger partial charge in [-0.05, 0) is 43.0 Å². The van der Waals surface area contributed by atoms with Crippen LogP contribution in [0, 0.1) is 5.92 Å². The zero-order valence-electron chi connectivity index (χ0n) is 17.0. The summed E-state index contributed by atoms with van der Waals surface area (Å²) in [6.07, 6.45) is 7.32. The van der Waals surface area contributed by atoms with Gasteiger partial charge < -0.3 is 4.90 Å². The van der Waals surface area contributed by atoms with Crippen molar-refractivity contribution >= 4 is 50.6 Å². The maximum absolute atomic E-state index is 13.1. The summed E-state index contributed by atoms with van der Waals surface area (Å²) in [4.78, 5) is 34.8. The first-order valence-corrected chi connectivity index (χ1v) is 13.3. The molecule has 4 heterocycles. The first kappa shape index (κ1) is 20.3. The van der Waals surface area contributed by atoms with E-state index in [2.05, 4.69) is 4.90 Å². The van der Waals surface area contributed by atoms with Crippen molar-refractivity contribution in [3.8, 4) is 10.4 Å². The summed E-state index contributed by atoms with van der Waals surface area (Å²) in [6, 6.07) is 4.45. The summed E-state index contributed by atoms with van der Waals surface area (Å²) in [7, 11) is 1.76. The van der Waals surface area contributed by atoms with E-state index in [-0.39, 0.29) is 11.5 Å².